The minimum absolute atomic E-state index is 0.110. The number of likely N-dealkylation sites (N-methyl/N-ethyl adjacent to an activating group) is 1. The SMILES string of the molecule is CCCCCCCCCCCCOC(=O)CN(C)C.O=C(O)C(O)C(O)C(=O)O. The maximum atomic E-state index is 11.2. The first-order chi connectivity index (χ1) is 13.6. The molecule has 0 heterocycles. The fourth-order valence-electron chi connectivity index (χ4n) is 2.35. The third-order valence-corrected chi connectivity index (χ3v) is 4.01. The van der Waals surface area contributed by atoms with Crippen LogP contribution in [0.5, 0.6) is 0 Å². The Bertz CT molecular complexity index is 424. The molecule has 9 nitrogen and oxygen atoms in total. The van der Waals surface area contributed by atoms with E-state index >= 15 is 0 Å². The van der Waals surface area contributed by atoms with Gasteiger partial charge in [0.1, 0.15) is 0 Å². The highest BCUT2D eigenvalue weighted by Crippen LogP contribution is 2.10. The van der Waals surface area contributed by atoms with E-state index < -0.39 is 24.1 Å². The van der Waals surface area contributed by atoms with Crippen molar-refractivity contribution in [3.05, 3.63) is 0 Å². The average Bonchev–Trinajstić information content (AvgIpc) is 2.64. The minimum atomic E-state index is -2.27. The third kappa shape index (κ3) is 20.8. The van der Waals surface area contributed by atoms with Gasteiger partial charge in [0.05, 0.1) is 13.2 Å². The molecule has 172 valence electrons. The van der Waals surface area contributed by atoms with Gasteiger partial charge in [-0.15, -0.1) is 0 Å². The maximum absolute atomic E-state index is 11.2. The second-order valence-corrected chi connectivity index (χ2v) is 7.21. The number of unbranched alkanes of at least 4 members (excludes halogenated alkanes) is 9. The van der Waals surface area contributed by atoms with E-state index in [1.165, 1.54) is 57.8 Å². The fraction of sp³-hybridized carbons (Fsp3) is 0.850. The number of nitrogens with zero attached hydrogens (tertiary/aromatic N) is 1. The molecule has 0 saturated carbocycles. The molecule has 0 rings (SSSR count). The number of carboxylic acid groups (broad SMARTS) is 2. The molecule has 0 aliphatic heterocycles. The lowest BCUT2D eigenvalue weighted by atomic mass is 10.1. The van der Waals surface area contributed by atoms with Crippen LogP contribution in [0.2, 0.25) is 0 Å². The Balaban J connectivity index is 0. The van der Waals surface area contributed by atoms with Gasteiger partial charge in [0.2, 0.25) is 0 Å². The number of aliphatic hydroxyl groups is 2. The van der Waals surface area contributed by atoms with Crippen LogP contribution in [0.3, 0.4) is 0 Å². The summed E-state index contributed by atoms with van der Waals surface area (Å²) < 4.78 is 5.14. The van der Waals surface area contributed by atoms with E-state index in [2.05, 4.69) is 6.92 Å². The predicted octanol–water partition coefficient (Wildman–Crippen LogP) is 1.89. The van der Waals surface area contributed by atoms with E-state index in [0.29, 0.717) is 13.2 Å². The molecule has 0 aromatic rings. The van der Waals surface area contributed by atoms with E-state index in [-0.39, 0.29) is 5.97 Å². The topological polar surface area (TPSA) is 145 Å². The highest BCUT2D eigenvalue weighted by atomic mass is 16.5. The number of ether oxygens (including phenoxy) is 1. The molecule has 0 aliphatic rings. The van der Waals surface area contributed by atoms with E-state index in [1.807, 2.05) is 19.0 Å². The first-order valence-electron chi connectivity index (χ1n) is 10.3. The van der Waals surface area contributed by atoms with E-state index in [1.54, 1.807) is 0 Å². The van der Waals surface area contributed by atoms with Gasteiger partial charge >= 0.3 is 17.9 Å². The van der Waals surface area contributed by atoms with Crippen molar-refractivity contribution < 1.29 is 39.5 Å². The Morgan fingerprint density at radius 2 is 1.14 bits per heavy atom. The van der Waals surface area contributed by atoms with Crippen LogP contribution in [0.1, 0.15) is 71.1 Å². The van der Waals surface area contributed by atoms with Crippen LogP contribution in [0.15, 0.2) is 0 Å². The smallest absolute Gasteiger partial charge is 0.335 e. The van der Waals surface area contributed by atoms with Gasteiger partial charge in [-0.05, 0) is 20.5 Å². The molecule has 0 fully saturated rings. The molecule has 2 atom stereocenters. The largest absolute Gasteiger partial charge is 0.479 e. The van der Waals surface area contributed by atoms with Crippen molar-refractivity contribution in [3.63, 3.8) is 0 Å². The quantitative estimate of drug-likeness (QED) is 0.217. The van der Waals surface area contributed by atoms with Crippen molar-refractivity contribution in [3.8, 4) is 0 Å². The number of hydrogen-bond donors (Lipinski definition) is 4. The van der Waals surface area contributed by atoms with Crippen LogP contribution in [0.4, 0.5) is 0 Å². The van der Waals surface area contributed by atoms with Crippen LogP contribution in [0.25, 0.3) is 0 Å². The van der Waals surface area contributed by atoms with Gasteiger partial charge < -0.3 is 25.2 Å². The summed E-state index contributed by atoms with van der Waals surface area (Å²) in [5.41, 5.74) is 0. The molecule has 0 aliphatic carbocycles. The number of esters is 1. The molecule has 0 bridgehead atoms. The Hall–Kier alpha value is -1.71. The molecule has 0 amide bonds. The number of carboxylic acids is 2. The zero-order valence-electron chi connectivity index (χ0n) is 18.0. The molecule has 0 aromatic carbocycles. The van der Waals surface area contributed by atoms with Gasteiger partial charge in [-0.3, -0.25) is 9.69 Å². The lowest BCUT2D eigenvalue weighted by molar-refractivity contribution is -0.165. The number of carbonyl (C=O) groups is 3. The molecule has 0 saturated heterocycles. The molecule has 0 radical (unpaired) electrons. The van der Waals surface area contributed by atoms with Gasteiger partial charge in [-0.2, -0.15) is 0 Å². The normalized spacial score (nSPS) is 12.6. The molecule has 0 spiro atoms. The summed E-state index contributed by atoms with van der Waals surface area (Å²) in [4.78, 5) is 32.6. The summed E-state index contributed by atoms with van der Waals surface area (Å²) in [6.45, 7) is 3.23. The first kappa shape index (κ1) is 29.5. The second-order valence-electron chi connectivity index (χ2n) is 7.21. The zero-order valence-corrected chi connectivity index (χ0v) is 18.0. The number of aliphatic hydroxyl groups excluding tert-OH is 2. The lowest BCUT2D eigenvalue weighted by Crippen LogP contribution is -2.39. The van der Waals surface area contributed by atoms with Crippen LogP contribution >= 0.6 is 0 Å². The van der Waals surface area contributed by atoms with Crippen LogP contribution in [-0.4, -0.2) is 82.7 Å². The standard InChI is InChI=1S/C16H33NO2.C4H6O6/c1-4-5-6-7-8-9-10-11-12-13-14-19-16(18)15-17(2)3;5-1(3(7)8)2(6)4(9)10/h4-15H2,1-3H3;1-2,5-6H,(H,7,8)(H,9,10). The van der Waals surface area contributed by atoms with Gasteiger partial charge in [0.15, 0.2) is 12.2 Å². The number of rotatable bonds is 16. The molecule has 0 aromatic heterocycles. The minimum Gasteiger partial charge on any atom is -0.479 e. The zero-order chi connectivity index (χ0) is 22.7. The number of aliphatic carboxylic acids is 2. The molecular formula is C20H39NO8. The maximum Gasteiger partial charge on any atom is 0.335 e. The van der Waals surface area contributed by atoms with Crippen molar-refractivity contribution in [1.82, 2.24) is 4.90 Å². The summed E-state index contributed by atoms with van der Waals surface area (Å²) in [7, 11) is 3.75. The van der Waals surface area contributed by atoms with Crippen LogP contribution in [0, 0.1) is 0 Å². The van der Waals surface area contributed by atoms with Gasteiger partial charge in [0, 0.05) is 0 Å². The van der Waals surface area contributed by atoms with Crippen LogP contribution < -0.4 is 0 Å². The van der Waals surface area contributed by atoms with Crippen LogP contribution in [-0.2, 0) is 19.1 Å². The highest BCUT2D eigenvalue weighted by molar-refractivity contribution is 5.83. The lowest BCUT2D eigenvalue weighted by Gasteiger charge is -2.09. The molecule has 9 heteroatoms. The average molecular weight is 422 g/mol. The van der Waals surface area contributed by atoms with Crippen molar-refractivity contribution in [1.29, 1.82) is 0 Å². The van der Waals surface area contributed by atoms with Crippen molar-refractivity contribution in [2.45, 2.75) is 83.3 Å². The summed E-state index contributed by atoms with van der Waals surface area (Å²) in [6.07, 6.45) is 8.53. The van der Waals surface area contributed by atoms with Gasteiger partial charge in [0.25, 0.3) is 0 Å². The molecular weight excluding hydrogens is 382 g/mol. The van der Waals surface area contributed by atoms with E-state index in [0.717, 1.165) is 6.42 Å². The predicted molar refractivity (Wildman–Crippen MR) is 109 cm³/mol. The van der Waals surface area contributed by atoms with Gasteiger partial charge in [-0.1, -0.05) is 64.7 Å². The Morgan fingerprint density at radius 3 is 1.48 bits per heavy atom. The molecule has 29 heavy (non-hydrogen) atoms. The first-order valence-corrected chi connectivity index (χ1v) is 10.3. The van der Waals surface area contributed by atoms with Gasteiger partial charge in [-0.25, -0.2) is 9.59 Å². The van der Waals surface area contributed by atoms with Crippen molar-refractivity contribution in [2.75, 3.05) is 27.2 Å². The summed E-state index contributed by atoms with van der Waals surface area (Å²) in [6, 6.07) is 0. The highest BCUT2D eigenvalue weighted by Gasteiger charge is 2.29. The number of hydrogen-bond acceptors (Lipinski definition) is 7. The number of carbonyl (C=O) groups excluding carboxylic acids is 1. The Labute approximate surface area is 173 Å². The van der Waals surface area contributed by atoms with E-state index in [9.17, 15) is 14.4 Å². The molecule has 4 N–H and O–H groups in total. The summed E-state index contributed by atoms with van der Waals surface area (Å²) in [5.74, 6) is -3.65. The van der Waals surface area contributed by atoms with Crippen molar-refractivity contribution in [2.24, 2.45) is 0 Å². The van der Waals surface area contributed by atoms with E-state index in [4.69, 9.17) is 25.2 Å². The fourth-order valence-corrected chi connectivity index (χ4v) is 2.35. The molecule has 2 unspecified atom stereocenters. The summed E-state index contributed by atoms with van der Waals surface area (Å²) >= 11 is 0. The monoisotopic (exact) mass is 421 g/mol. The Morgan fingerprint density at radius 1 is 0.759 bits per heavy atom. The third-order valence-electron chi connectivity index (χ3n) is 4.01. The van der Waals surface area contributed by atoms with Crippen molar-refractivity contribution >= 4 is 17.9 Å². The summed E-state index contributed by atoms with van der Waals surface area (Å²) in [5, 5.41) is 32.5. The second kappa shape index (κ2) is 19.6. The Kier molecular flexibility index (Phi) is 19.9.